The number of hydrogen-bond acceptors (Lipinski definition) is 9. The molecule has 1 saturated heterocycles. The van der Waals surface area contributed by atoms with E-state index >= 15 is 0 Å². The number of aromatic nitrogens is 1. The first-order chi connectivity index (χ1) is 22.5. The van der Waals surface area contributed by atoms with Gasteiger partial charge in [-0.3, -0.25) is 10.6 Å². The second-order valence-corrected chi connectivity index (χ2v) is 12.0. The van der Waals surface area contributed by atoms with E-state index in [4.69, 9.17) is 10.8 Å². The summed E-state index contributed by atoms with van der Waals surface area (Å²) in [6, 6.07) is 19.2. The van der Waals surface area contributed by atoms with Gasteiger partial charge in [-0.25, -0.2) is 4.98 Å². The summed E-state index contributed by atoms with van der Waals surface area (Å²) in [5.74, 6) is 7.14. The average molecular weight is 630 g/mol. The molecule has 0 radical (unpaired) electrons. The first-order valence-electron chi connectivity index (χ1n) is 16.5. The fourth-order valence-electron chi connectivity index (χ4n) is 6.00. The molecule has 0 aliphatic carbocycles. The molecular formula is C36H51N7O3. The maximum atomic E-state index is 12.5. The minimum absolute atomic E-state index is 0.247. The molecule has 3 aromatic rings. The number of amides is 1. The Kier molecular flexibility index (Phi) is 13.7. The van der Waals surface area contributed by atoms with Crippen LogP contribution in [0.15, 0.2) is 54.6 Å². The first kappa shape index (κ1) is 34.7. The van der Waals surface area contributed by atoms with E-state index in [-0.39, 0.29) is 5.91 Å². The molecule has 4 N–H and O–H groups in total. The molecule has 1 amide bonds. The third kappa shape index (κ3) is 9.92. The largest absolute Gasteiger partial charge is 0.388 e. The Labute approximate surface area is 274 Å². The number of fused-ring (bicyclic) bond motifs is 1. The van der Waals surface area contributed by atoms with Crippen LogP contribution >= 0.6 is 0 Å². The monoisotopic (exact) mass is 629 g/mol. The number of nitrogens with one attached hydrogen (secondary N) is 2. The average Bonchev–Trinajstić information content (AvgIpc) is 3.09. The van der Waals surface area contributed by atoms with Gasteiger partial charge in [-0.2, -0.15) is 0 Å². The van der Waals surface area contributed by atoms with E-state index in [2.05, 4.69) is 74.7 Å². The van der Waals surface area contributed by atoms with Gasteiger partial charge >= 0.3 is 0 Å². The van der Waals surface area contributed by atoms with Crippen LogP contribution in [0.3, 0.4) is 0 Å². The summed E-state index contributed by atoms with van der Waals surface area (Å²) in [6.07, 6.45) is 7.37. The highest BCUT2D eigenvalue weighted by Crippen LogP contribution is 2.29. The van der Waals surface area contributed by atoms with Gasteiger partial charge in [0.25, 0.3) is 0 Å². The Morgan fingerprint density at radius 1 is 1.09 bits per heavy atom. The highest BCUT2D eigenvalue weighted by Gasteiger charge is 2.22. The predicted molar refractivity (Wildman–Crippen MR) is 188 cm³/mol. The smallest absolute Gasteiger partial charge is 0.222 e. The first-order valence-corrected chi connectivity index (χ1v) is 16.5. The number of anilines is 4. The Bertz CT molecular complexity index is 1410. The number of ether oxygens (including phenoxy) is 1. The van der Waals surface area contributed by atoms with Crippen LogP contribution in [0.5, 0.6) is 0 Å². The van der Waals surface area contributed by atoms with Gasteiger partial charge in [0.1, 0.15) is 12.1 Å². The van der Waals surface area contributed by atoms with E-state index in [1.807, 2.05) is 17.0 Å². The Morgan fingerprint density at radius 3 is 2.61 bits per heavy atom. The number of aldehydes is 1. The number of aryl methyl sites for hydroxylation is 1. The number of rotatable bonds is 13. The molecule has 0 atom stereocenters. The van der Waals surface area contributed by atoms with Crippen LogP contribution < -0.4 is 26.4 Å². The third-order valence-electron chi connectivity index (χ3n) is 8.47. The fraction of sp³-hybridized carbons (Fsp3) is 0.472. The van der Waals surface area contributed by atoms with Crippen molar-refractivity contribution in [2.24, 2.45) is 5.84 Å². The number of hydrazine groups is 1. The van der Waals surface area contributed by atoms with Crippen LogP contribution in [0.2, 0.25) is 0 Å². The van der Waals surface area contributed by atoms with Crippen LogP contribution in [-0.4, -0.2) is 82.1 Å². The Hall–Kier alpha value is -4.15. The fourth-order valence-corrected chi connectivity index (χ4v) is 6.00. The SMILES string of the molecule is CCCCC(=O)N1CCN(c2cc(NN)cc(N(CC=O)CCc3cccc(Cc4ccc5c(n4)NCCC5)c3)c2)CC1.COC. The topological polar surface area (TPSA) is 116 Å². The minimum Gasteiger partial charge on any atom is -0.388 e. The number of carbonyl (C=O) groups is 2. The lowest BCUT2D eigenvalue weighted by Crippen LogP contribution is -2.48. The van der Waals surface area contributed by atoms with Crippen molar-refractivity contribution in [2.45, 2.75) is 51.9 Å². The highest BCUT2D eigenvalue weighted by atomic mass is 16.4. The zero-order valence-corrected chi connectivity index (χ0v) is 27.8. The van der Waals surface area contributed by atoms with Crippen molar-refractivity contribution in [3.05, 3.63) is 77.0 Å². The van der Waals surface area contributed by atoms with Gasteiger partial charge < -0.3 is 35.0 Å². The lowest BCUT2D eigenvalue weighted by atomic mass is 10.0. The van der Waals surface area contributed by atoms with Gasteiger partial charge in [0.15, 0.2) is 0 Å². The normalized spacial score (nSPS) is 14.0. The van der Waals surface area contributed by atoms with Crippen LogP contribution in [0.1, 0.15) is 55.0 Å². The summed E-state index contributed by atoms with van der Waals surface area (Å²) in [7, 11) is 3.25. The summed E-state index contributed by atoms with van der Waals surface area (Å²) >= 11 is 0. The van der Waals surface area contributed by atoms with Crippen molar-refractivity contribution in [1.29, 1.82) is 0 Å². The van der Waals surface area contributed by atoms with E-state index in [0.29, 0.717) is 32.6 Å². The summed E-state index contributed by atoms with van der Waals surface area (Å²) in [4.78, 5) is 35.5. The zero-order chi connectivity index (χ0) is 32.7. The zero-order valence-electron chi connectivity index (χ0n) is 27.8. The molecular weight excluding hydrogens is 578 g/mol. The molecule has 10 heteroatoms. The van der Waals surface area contributed by atoms with Gasteiger partial charge in [-0.15, -0.1) is 0 Å². The van der Waals surface area contributed by atoms with Crippen molar-refractivity contribution in [1.82, 2.24) is 9.88 Å². The van der Waals surface area contributed by atoms with Crippen LogP contribution in [0, 0.1) is 0 Å². The molecule has 1 aromatic heterocycles. The maximum Gasteiger partial charge on any atom is 0.222 e. The van der Waals surface area contributed by atoms with Crippen molar-refractivity contribution in [3.8, 4) is 0 Å². The second kappa shape index (κ2) is 18.1. The summed E-state index contributed by atoms with van der Waals surface area (Å²) < 4.78 is 4.25. The minimum atomic E-state index is 0.247. The van der Waals surface area contributed by atoms with Gasteiger partial charge in [0, 0.05) is 83.4 Å². The van der Waals surface area contributed by atoms with Crippen molar-refractivity contribution >= 4 is 35.1 Å². The van der Waals surface area contributed by atoms with E-state index in [0.717, 1.165) is 93.0 Å². The van der Waals surface area contributed by atoms with Crippen molar-refractivity contribution < 1.29 is 14.3 Å². The third-order valence-corrected chi connectivity index (χ3v) is 8.47. The number of piperazine rings is 1. The van der Waals surface area contributed by atoms with Crippen molar-refractivity contribution in [3.63, 3.8) is 0 Å². The predicted octanol–water partition coefficient (Wildman–Crippen LogP) is 4.67. The number of benzene rings is 2. The molecule has 0 spiro atoms. The van der Waals surface area contributed by atoms with Gasteiger partial charge in [-0.1, -0.05) is 43.7 Å². The number of carbonyl (C=O) groups excluding carboxylic acids is 2. The van der Waals surface area contributed by atoms with E-state index in [1.54, 1.807) is 14.2 Å². The number of nitrogen functional groups attached to an aromatic ring is 1. The molecule has 2 aromatic carbocycles. The molecule has 0 bridgehead atoms. The lowest BCUT2D eigenvalue weighted by molar-refractivity contribution is -0.131. The van der Waals surface area contributed by atoms with Crippen LogP contribution in [-0.2, 0) is 33.6 Å². The number of pyridine rings is 1. The number of nitrogens with two attached hydrogens (primary N) is 1. The molecule has 1 fully saturated rings. The second-order valence-electron chi connectivity index (χ2n) is 12.0. The van der Waals surface area contributed by atoms with Crippen LogP contribution in [0.4, 0.5) is 22.9 Å². The molecule has 0 saturated carbocycles. The van der Waals surface area contributed by atoms with E-state index < -0.39 is 0 Å². The molecule has 248 valence electrons. The number of unbranched alkanes of at least 4 members (excludes halogenated alkanes) is 1. The van der Waals surface area contributed by atoms with Crippen LogP contribution in [0.25, 0.3) is 0 Å². The van der Waals surface area contributed by atoms with Gasteiger partial charge in [0.2, 0.25) is 5.91 Å². The quantitative estimate of drug-likeness (QED) is 0.141. The summed E-state index contributed by atoms with van der Waals surface area (Å²) in [6.45, 7) is 7.03. The summed E-state index contributed by atoms with van der Waals surface area (Å²) in [5, 5.41) is 3.43. The molecule has 10 nitrogen and oxygen atoms in total. The van der Waals surface area contributed by atoms with Gasteiger partial charge in [0.05, 0.1) is 12.2 Å². The Balaban J connectivity index is 0.00000154. The summed E-state index contributed by atoms with van der Waals surface area (Å²) in [5.41, 5.74) is 10.4. The standard InChI is InChI=1S/C34H45N7O2.C2H6O/c1-2-3-9-33(43)41-17-15-40(16-18-41)32-24-30(38-35)23-31(25-32)39(19-20-42)14-12-26-6-4-7-27(21-26)22-29-11-10-28-8-5-13-36-34(28)37-29;1-3-2/h4,6-7,10-11,20-21,23-25,38H,2-3,5,8-9,12-19,22,35H2,1H3,(H,36,37);1-2H3. The van der Waals surface area contributed by atoms with Gasteiger partial charge in [-0.05, 0) is 66.6 Å². The highest BCUT2D eigenvalue weighted by molar-refractivity contribution is 5.77. The maximum absolute atomic E-state index is 12.5. The molecule has 2 aliphatic rings. The molecule has 3 heterocycles. The molecule has 46 heavy (non-hydrogen) atoms. The molecule has 5 rings (SSSR count). The number of hydrogen-bond donors (Lipinski definition) is 3. The van der Waals surface area contributed by atoms with E-state index in [1.165, 1.54) is 16.7 Å². The lowest BCUT2D eigenvalue weighted by Gasteiger charge is -2.37. The number of methoxy groups -OCH3 is 1. The van der Waals surface area contributed by atoms with E-state index in [9.17, 15) is 9.59 Å². The number of nitrogens with zero attached hydrogens (tertiary/aromatic N) is 4. The Morgan fingerprint density at radius 2 is 1.87 bits per heavy atom. The molecule has 2 aliphatic heterocycles. The molecule has 0 unspecified atom stereocenters. The van der Waals surface area contributed by atoms with Crippen molar-refractivity contribution in [2.75, 3.05) is 80.6 Å².